The number of carbonyl (C=O) groups is 3. The van der Waals surface area contributed by atoms with Gasteiger partial charge < -0.3 is 20.2 Å². The maximum atomic E-state index is 12.3. The van der Waals surface area contributed by atoms with Crippen LogP contribution in [0, 0.1) is 5.92 Å². The highest BCUT2D eigenvalue weighted by Crippen LogP contribution is 2.25. The van der Waals surface area contributed by atoms with Crippen molar-refractivity contribution in [3.05, 3.63) is 48.0 Å². The van der Waals surface area contributed by atoms with Crippen LogP contribution in [0.25, 0.3) is 22.7 Å². The van der Waals surface area contributed by atoms with E-state index in [1.165, 1.54) is 13.3 Å². The van der Waals surface area contributed by atoms with E-state index in [9.17, 15) is 14.4 Å². The minimum atomic E-state index is -0.676. The second kappa shape index (κ2) is 13.8. The normalized spacial score (nSPS) is 10.6. The summed E-state index contributed by atoms with van der Waals surface area (Å²) in [5, 5.41) is 9.97. The van der Waals surface area contributed by atoms with Crippen LogP contribution in [0.4, 0.5) is 0 Å². The largest absolute Gasteiger partial charge is 0.469 e. The number of primary amides is 1. The van der Waals surface area contributed by atoms with Gasteiger partial charge in [0.25, 0.3) is 11.8 Å². The molecular weight excluding hydrogens is 462 g/mol. The molecule has 194 valence electrons. The number of aromatic amines is 1. The van der Waals surface area contributed by atoms with Gasteiger partial charge in [-0.2, -0.15) is 5.10 Å². The van der Waals surface area contributed by atoms with Crippen molar-refractivity contribution in [1.29, 1.82) is 0 Å². The molecule has 3 rings (SSSR count). The predicted molar refractivity (Wildman–Crippen MR) is 136 cm³/mol. The summed E-state index contributed by atoms with van der Waals surface area (Å²) in [6.07, 6.45) is 4.50. The lowest BCUT2D eigenvalue weighted by Crippen LogP contribution is -2.33. The molecule has 2 amide bonds. The van der Waals surface area contributed by atoms with Gasteiger partial charge in [0.2, 0.25) is 11.7 Å². The second-order valence-corrected chi connectivity index (χ2v) is 8.64. The molecule has 0 radical (unpaired) electrons. The Labute approximate surface area is 211 Å². The van der Waals surface area contributed by atoms with Crippen LogP contribution in [0.5, 0.6) is 0 Å². The molecule has 4 N–H and O–H groups in total. The Hall–Kier alpha value is -3.95. The minimum absolute atomic E-state index is 0.00414. The number of carbonyl (C=O) groups excluding carboxylic acids is 3. The Morgan fingerprint density at radius 1 is 1.14 bits per heavy atom. The van der Waals surface area contributed by atoms with E-state index in [-0.39, 0.29) is 29.6 Å². The lowest BCUT2D eigenvalue weighted by Gasteiger charge is -2.13. The van der Waals surface area contributed by atoms with Crippen LogP contribution in [-0.4, -0.2) is 46.1 Å². The Morgan fingerprint density at radius 3 is 2.42 bits per heavy atom. The topological polar surface area (TPSA) is 153 Å². The smallest absolute Gasteiger partial charge is 0.305 e. The van der Waals surface area contributed by atoms with E-state index in [0.29, 0.717) is 29.3 Å². The zero-order valence-electron chi connectivity index (χ0n) is 21.5. The molecule has 10 nitrogen and oxygen atoms in total. The van der Waals surface area contributed by atoms with Gasteiger partial charge in [-0.15, -0.1) is 0 Å². The number of H-pyrrole nitrogens is 1. The molecular formula is C26H35N5O5. The monoisotopic (exact) mass is 497 g/mol. The van der Waals surface area contributed by atoms with Gasteiger partial charge in [-0.25, -0.2) is 4.98 Å². The van der Waals surface area contributed by atoms with E-state index in [0.717, 1.165) is 24.8 Å². The van der Waals surface area contributed by atoms with Crippen molar-refractivity contribution in [3.8, 4) is 22.7 Å². The van der Waals surface area contributed by atoms with Crippen molar-refractivity contribution in [2.75, 3.05) is 7.11 Å². The van der Waals surface area contributed by atoms with Gasteiger partial charge in [0.05, 0.1) is 19.0 Å². The fourth-order valence-electron chi connectivity index (χ4n) is 3.18. The Bertz CT molecular complexity index is 1150. The van der Waals surface area contributed by atoms with Gasteiger partial charge in [-0.05, 0) is 43.4 Å². The molecule has 0 saturated heterocycles. The first-order valence-electron chi connectivity index (χ1n) is 12.0. The highest BCUT2D eigenvalue weighted by molar-refractivity contribution is 5.93. The molecule has 0 fully saturated rings. The lowest BCUT2D eigenvalue weighted by molar-refractivity contribution is -0.140. The molecule has 0 atom stereocenters. The first-order chi connectivity index (χ1) is 17.2. The quantitative estimate of drug-likeness (QED) is 0.352. The van der Waals surface area contributed by atoms with Gasteiger partial charge in [0.15, 0.2) is 0 Å². The van der Waals surface area contributed by atoms with Crippen LogP contribution < -0.4 is 11.1 Å². The Morgan fingerprint density at radius 2 is 1.83 bits per heavy atom. The number of rotatable bonds is 10. The number of hydrogen-bond donors (Lipinski definition) is 3. The number of oxazole rings is 1. The number of esters is 1. The summed E-state index contributed by atoms with van der Waals surface area (Å²) in [6.45, 7) is 8.24. The fraction of sp³-hybridized carbons (Fsp3) is 0.423. The summed E-state index contributed by atoms with van der Waals surface area (Å²) < 4.78 is 9.82. The SMILES string of the molecule is CCC(CC)NC(=O)c1cc(-c2cccc(-c3ncc(C(N)=O)o3)c2)n[nH]1.COC(=O)CCC(C)C. The number of hydrogen-bond acceptors (Lipinski definition) is 7. The Kier molecular flexibility index (Phi) is 10.9. The molecule has 0 saturated carbocycles. The number of nitrogens with two attached hydrogens (primary N) is 1. The first-order valence-corrected chi connectivity index (χ1v) is 12.0. The van der Waals surface area contributed by atoms with Crippen LogP contribution in [0.2, 0.25) is 0 Å². The molecule has 0 aliphatic rings. The van der Waals surface area contributed by atoms with Crippen molar-refractivity contribution in [2.24, 2.45) is 11.7 Å². The molecule has 1 aromatic carbocycles. The van der Waals surface area contributed by atoms with E-state index < -0.39 is 5.91 Å². The Balaban J connectivity index is 0.000000434. The third-order valence-corrected chi connectivity index (χ3v) is 5.45. The van der Waals surface area contributed by atoms with Crippen LogP contribution in [0.15, 0.2) is 40.9 Å². The van der Waals surface area contributed by atoms with Crippen LogP contribution in [0.3, 0.4) is 0 Å². The second-order valence-electron chi connectivity index (χ2n) is 8.64. The number of ether oxygens (including phenoxy) is 1. The summed E-state index contributed by atoms with van der Waals surface area (Å²) in [4.78, 5) is 38.0. The van der Waals surface area contributed by atoms with Gasteiger partial charge in [-0.1, -0.05) is 39.8 Å². The molecule has 0 bridgehead atoms. The third-order valence-electron chi connectivity index (χ3n) is 5.45. The molecule has 0 spiro atoms. The van der Waals surface area contributed by atoms with Gasteiger partial charge >= 0.3 is 5.97 Å². The van der Waals surface area contributed by atoms with Crippen LogP contribution in [-0.2, 0) is 9.53 Å². The molecule has 2 aromatic heterocycles. The van der Waals surface area contributed by atoms with E-state index in [1.54, 1.807) is 12.1 Å². The third kappa shape index (κ3) is 8.37. The zero-order valence-corrected chi connectivity index (χ0v) is 21.5. The summed E-state index contributed by atoms with van der Waals surface area (Å²) in [7, 11) is 1.42. The number of nitrogens with zero attached hydrogens (tertiary/aromatic N) is 2. The van der Waals surface area contributed by atoms with Crippen molar-refractivity contribution < 1.29 is 23.5 Å². The average Bonchev–Trinajstić information content (AvgIpc) is 3.57. The molecule has 10 heteroatoms. The average molecular weight is 498 g/mol. The van der Waals surface area contributed by atoms with Crippen LogP contribution >= 0.6 is 0 Å². The highest BCUT2D eigenvalue weighted by atomic mass is 16.5. The van der Waals surface area contributed by atoms with E-state index >= 15 is 0 Å². The zero-order chi connectivity index (χ0) is 26.7. The fourth-order valence-corrected chi connectivity index (χ4v) is 3.18. The summed E-state index contributed by atoms with van der Waals surface area (Å²) in [6, 6.07) is 9.12. The molecule has 0 aliphatic carbocycles. The molecule has 0 aliphatic heterocycles. The van der Waals surface area contributed by atoms with Gasteiger partial charge in [0.1, 0.15) is 5.69 Å². The number of aromatic nitrogens is 3. The van der Waals surface area contributed by atoms with Crippen LogP contribution in [0.1, 0.15) is 74.4 Å². The number of methoxy groups -OCH3 is 1. The molecule has 36 heavy (non-hydrogen) atoms. The summed E-state index contributed by atoms with van der Waals surface area (Å²) in [5.41, 5.74) is 7.66. The summed E-state index contributed by atoms with van der Waals surface area (Å²) >= 11 is 0. The van der Waals surface area contributed by atoms with Crippen molar-refractivity contribution in [3.63, 3.8) is 0 Å². The predicted octanol–water partition coefficient (Wildman–Crippen LogP) is 4.34. The number of nitrogens with one attached hydrogen (secondary N) is 2. The van der Waals surface area contributed by atoms with Crippen molar-refractivity contribution in [1.82, 2.24) is 20.5 Å². The first kappa shape index (κ1) is 28.3. The van der Waals surface area contributed by atoms with Gasteiger partial charge in [0, 0.05) is 23.6 Å². The van der Waals surface area contributed by atoms with E-state index in [1.807, 2.05) is 32.0 Å². The van der Waals surface area contributed by atoms with Crippen molar-refractivity contribution in [2.45, 2.75) is 59.4 Å². The molecule has 2 heterocycles. The molecule has 0 unspecified atom stereocenters. The summed E-state index contributed by atoms with van der Waals surface area (Å²) in [5.74, 6) is -0.0982. The standard InChI is InChI=1S/C19H21N5O3.C7H14O2/c1-3-13(4-2)22-18(26)15-9-14(23-24-15)11-6-5-7-12(8-11)19-21-10-16(27-19)17(20)25;1-6(2)4-5-7(8)9-3/h5-10,13H,3-4H2,1-2H3,(H2,20,25)(H,22,26)(H,23,24);6H,4-5H2,1-3H3. The lowest BCUT2D eigenvalue weighted by atomic mass is 10.1. The number of benzene rings is 1. The minimum Gasteiger partial charge on any atom is -0.469 e. The van der Waals surface area contributed by atoms with E-state index in [2.05, 4.69) is 39.1 Å². The van der Waals surface area contributed by atoms with E-state index in [4.69, 9.17) is 10.2 Å². The van der Waals surface area contributed by atoms with Gasteiger partial charge in [-0.3, -0.25) is 19.5 Å². The molecule has 3 aromatic rings. The van der Waals surface area contributed by atoms with Crippen molar-refractivity contribution >= 4 is 17.8 Å². The maximum Gasteiger partial charge on any atom is 0.305 e. The number of amides is 2. The highest BCUT2D eigenvalue weighted by Gasteiger charge is 2.15. The maximum absolute atomic E-state index is 12.3.